The van der Waals surface area contributed by atoms with Crippen molar-refractivity contribution in [3.8, 4) is 11.4 Å². The van der Waals surface area contributed by atoms with E-state index < -0.39 is 0 Å². The fourth-order valence-electron chi connectivity index (χ4n) is 2.03. The number of rotatable bonds is 6. The first kappa shape index (κ1) is 16.3. The van der Waals surface area contributed by atoms with Crippen LogP contribution < -0.4 is 5.32 Å². The first-order chi connectivity index (χ1) is 11.6. The largest absolute Gasteiger partial charge is 0.339 e. The first-order valence-electron chi connectivity index (χ1n) is 7.66. The molecule has 0 unspecified atom stereocenters. The van der Waals surface area contributed by atoms with E-state index in [-0.39, 0.29) is 12.3 Å². The molecule has 2 aromatic heterocycles. The molecule has 0 saturated heterocycles. The maximum atomic E-state index is 11.9. The Bertz CT molecular complexity index is 825. The van der Waals surface area contributed by atoms with Crippen LogP contribution in [0.25, 0.3) is 11.4 Å². The lowest BCUT2D eigenvalue weighted by Crippen LogP contribution is -2.12. The molecule has 1 amide bonds. The zero-order valence-corrected chi connectivity index (χ0v) is 14.3. The molecule has 0 aliphatic rings. The van der Waals surface area contributed by atoms with Gasteiger partial charge in [0.1, 0.15) is 5.01 Å². The number of hydrogen-bond acceptors (Lipinski definition) is 7. The SMILES string of the molecule is CCc1nnc(NC(=O)CCc2nc(-c3ccc(C)cc3)no2)s1. The van der Waals surface area contributed by atoms with Gasteiger partial charge >= 0.3 is 0 Å². The van der Waals surface area contributed by atoms with Crippen LogP contribution in [0.15, 0.2) is 28.8 Å². The highest BCUT2D eigenvalue weighted by Crippen LogP contribution is 2.18. The molecule has 3 rings (SSSR count). The van der Waals surface area contributed by atoms with Gasteiger partial charge in [-0.3, -0.25) is 4.79 Å². The third kappa shape index (κ3) is 4.02. The topological polar surface area (TPSA) is 93.8 Å². The van der Waals surface area contributed by atoms with Crippen molar-refractivity contribution in [1.82, 2.24) is 20.3 Å². The predicted molar refractivity (Wildman–Crippen MR) is 90.7 cm³/mol. The number of aromatic nitrogens is 4. The van der Waals surface area contributed by atoms with E-state index in [1.165, 1.54) is 16.9 Å². The number of nitrogens with one attached hydrogen (secondary N) is 1. The molecular weight excluding hydrogens is 326 g/mol. The van der Waals surface area contributed by atoms with Crippen molar-refractivity contribution in [2.45, 2.75) is 33.1 Å². The van der Waals surface area contributed by atoms with Crippen molar-refractivity contribution in [2.75, 3.05) is 5.32 Å². The second kappa shape index (κ2) is 7.31. The van der Waals surface area contributed by atoms with Gasteiger partial charge in [0.05, 0.1) is 0 Å². The number of benzene rings is 1. The van der Waals surface area contributed by atoms with Crippen molar-refractivity contribution in [3.63, 3.8) is 0 Å². The van der Waals surface area contributed by atoms with Crippen molar-refractivity contribution >= 4 is 22.4 Å². The van der Waals surface area contributed by atoms with Crippen molar-refractivity contribution in [1.29, 1.82) is 0 Å². The zero-order valence-electron chi connectivity index (χ0n) is 13.4. The molecule has 24 heavy (non-hydrogen) atoms. The molecule has 1 aromatic carbocycles. The monoisotopic (exact) mass is 343 g/mol. The lowest BCUT2D eigenvalue weighted by atomic mass is 10.1. The molecule has 8 heteroatoms. The number of nitrogens with zero attached hydrogens (tertiary/aromatic N) is 4. The van der Waals surface area contributed by atoms with Gasteiger partial charge < -0.3 is 9.84 Å². The Kier molecular flexibility index (Phi) is 4.95. The van der Waals surface area contributed by atoms with E-state index in [1.54, 1.807) is 0 Å². The quantitative estimate of drug-likeness (QED) is 0.739. The van der Waals surface area contributed by atoms with Crippen LogP contribution >= 0.6 is 11.3 Å². The van der Waals surface area contributed by atoms with E-state index in [2.05, 4.69) is 25.7 Å². The number of amides is 1. The third-order valence-corrected chi connectivity index (χ3v) is 4.34. The average Bonchev–Trinajstić information content (AvgIpc) is 3.23. The van der Waals surface area contributed by atoms with E-state index in [9.17, 15) is 4.79 Å². The highest BCUT2D eigenvalue weighted by atomic mass is 32.1. The average molecular weight is 343 g/mol. The fourth-order valence-corrected chi connectivity index (χ4v) is 2.72. The molecule has 7 nitrogen and oxygen atoms in total. The Morgan fingerprint density at radius 1 is 1.25 bits per heavy atom. The van der Waals surface area contributed by atoms with Gasteiger partial charge in [0.25, 0.3) is 0 Å². The summed E-state index contributed by atoms with van der Waals surface area (Å²) in [4.78, 5) is 16.3. The summed E-state index contributed by atoms with van der Waals surface area (Å²) in [5, 5.41) is 16.0. The molecule has 0 spiro atoms. The molecular formula is C16H17N5O2S. The smallest absolute Gasteiger partial charge is 0.227 e. The summed E-state index contributed by atoms with van der Waals surface area (Å²) in [5.74, 6) is 0.818. The number of hydrogen-bond donors (Lipinski definition) is 1. The third-order valence-electron chi connectivity index (χ3n) is 3.36. The Balaban J connectivity index is 1.55. The highest BCUT2D eigenvalue weighted by molar-refractivity contribution is 7.15. The molecule has 0 saturated carbocycles. The minimum Gasteiger partial charge on any atom is -0.339 e. The highest BCUT2D eigenvalue weighted by Gasteiger charge is 2.12. The lowest BCUT2D eigenvalue weighted by molar-refractivity contribution is -0.116. The van der Waals surface area contributed by atoms with Gasteiger partial charge in [-0.2, -0.15) is 4.98 Å². The summed E-state index contributed by atoms with van der Waals surface area (Å²) in [6, 6.07) is 7.87. The van der Waals surface area contributed by atoms with E-state index >= 15 is 0 Å². The van der Waals surface area contributed by atoms with Crippen LogP contribution in [0.5, 0.6) is 0 Å². The van der Waals surface area contributed by atoms with Crippen LogP contribution in [-0.2, 0) is 17.6 Å². The van der Waals surface area contributed by atoms with Gasteiger partial charge in [0.15, 0.2) is 0 Å². The summed E-state index contributed by atoms with van der Waals surface area (Å²) in [6.07, 6.45) is 1.43. The molecule has 1 N–H and O–H groups in total. The fraction of sp³-hybridized carbons (Fsp3) is 0.312. The Labute approximate surface area is 143 Å². The van der Waals surface area contributed by atoms with Gasteiger partial charge in [0, 0.05) is 18.4 Å². The Hall–Kier alpha value is -2.61. The number of carbonyl (C=O) groups is 1. The Morgan fingerprint density at radius 3 is 2.75 bits per heavy atom. The maximum absolute atomic E-state index is 11.9. The molecule has 0 fully saturated rings. The lowest BCUT2D eigenvalue weighted by Gasteiger charge is -1.98. The minimum atomic E-state index is -0.149. The minimum absolute atomic E-state index is 0.149. The first-order valence-corrected chi connectivity index (χ1v) is 8.47. The molecule has 2 heterocycles. The van der Waals surface area contributed by atoms with E-state index in [0.29, 0.717) is 23.3 Å². The van der Waals surface area contributed by atoms with Gasteiger partial charge in [-0.15, -0.1) is 10.2 Å². The standard InChI is InChI=1S/C16H17N5O2S/c1-3-14-19-20-16(24-14)17-12(22)8-9-13-18-15(21-23-13)11-6-4-10(2)5-7-11/h4-7H,3,8-9H2,1-2H3,(H,17,20,22). The summed E-state index contributed by atoms with van der Waals surface area (Å²) in [5.41, 5.74) is 2.06. The van der Waals surface area contributed by atoms with Crippen LogP contribution in [0.3, 0.4) is 0 Å². The van der Waals surface area contributed by atoms with Crippen LogP contribution in [-0.4, -0.2) is 26.2 Å². The zero-order chi connectivity index (χ0) is 16.9. The summed E-state index contributed by atoms with van der Waals surface area (Å²) in [7, 11) is 0. The van der Waals surface area contributed by atoms with Crippen LogP contribution in [0.1, 0.15) is 29.8 Å². The number of carbonyl (C=O) groups excluding carboxylic acids is 1. The van der Waals surface area contributed by atoms with Crippen LogP contribution in [0, 0.1) is 6.92 Å². The maximum Gasteiger partial charge on any atom is 0.227 e. The van der Waals surface area contributed by atoms with E-state index in [0.717, 1.165) is 17.0 Å². The molecule has 0 aliphatic carbocycles. The summed E-state index contributed by atoms with van der Waals surface area (Å²) in [6.45, 7) is 4.01. The second-order valence-electron chi connectivity index (χ2n) is 5.28. The van der Waals surface area contributed by atoms with Gasteiger partial charge in [0.2, 0.25) is 22.8 Å². The molecule has 3 aromatic rings. The van der Waals surface area contributed by atoms with Gasteiger partial charge in [-0.1, -0.05) is 53.2 Å². The summed E-state index contributed by atoms with van der Waals surface area (Å²) < 4.78 is 5.20. The molecule has 0 atom stereocenters. The molecule has 0 radical (unpaired) electrons. The van der Waals surface area contributed by atoms with Crippen LogP contribution in [0.4, 0.5) is 5.13 Å². The van der Waals surface area contributed by atoms with Crippen molar-refractivity contribution < 1.29 is 9.32 Å². The van der Waals surface area contributed by atoms with E-state index in [1.807, 2.05) is 38.1 Å². The molecule has 0 bridgehead atoms. The van der Waals surface area contributed by atoms with Gasteiger partial charge in [-0.25, -0.2) is 0 Å². The van der Waals surface area contributed by atoms with E-state index in [4.69, 9.17) is 4.52 Å². The second-order valence-corrected chi connectivity index (χ2v) is 6.34. The van der Waals surface area contributed by atoms with Gasteiger partial charge in [-0.05, 0) is 13.3 Å². The number of aryl methyl sites for hydroxylation is 3. The summed E-state index contributed by atoms with van der Waals surface area (Å²) >= 11 is 1.38. The van der Waals surface area contributed by atoms with Crippen molar-refractivity contribution in [3.05, 3.63) is 40.7 Å². The normalized spacial score (nSPS) is 10.8. The van der Waals surface area contributed by atoms with Crippen LogP contribution in [0.2, 0.25) is 0 Å². The molecule has 124 valence electrons. The Morgan fingerprint density at radius 2 is 2.04 bits per heavy atom. The van der Waals surface area contributed by atoms with Crippen molar-refractivity contribution in [2.24, 2.45) is 0 Å². The number of anilines is 1. The predicted octanol–water partition coefficient (Wildman–Crippen LogP) is 3.03. The molecule has 0 aliphatic heterocycles.